The molecule has 1 aromatic heterocycles. The molecule has 3 aromatic carbocycles. The molecule has 1 aliphatic rings. The lowest BCUT2D eigenvalue weighted by Crippen LogP contribution is -2.35. The third kappa shape index (κ3) is 6.74. The number of carbonyl (C=O) groups excluding carboxylic acids is 1. The predicted molar refractivity (Wildman–Crippen MR) is 156 cm³/mol. The van der Waals surface area contributed by atoms with Gasteiger partial charge in [0.25, 0.3) is 0 Å². The molecule has 0 aliphatic carbocycles. The maximum absolute atomic E-state index is 11.2. The first-order valence-corrected chi connectivity index (χ1v) is 14.3. The highest BCUT2D eigenvalue weighted by atomic mass is 32.1. The van der Waals surface area contributed by atoms with Crippen molar-refractivity contribution in [2.24, 2.45) is 0 Å². The van der Waals surface area contributed by atoms with Crippen molar-refractivity contribution in [2.45, 2.75) is 39.2 Å². The molecule has 6 heteroatoms. The number of nitrogens with zero attached hydrogens (tertiary/aromatic N) is 1. The van der Waals surface area contributed by atoms with Gasteiger partial charge in [-0.1, -0.05) is 30.3 Å². The van der Waals surface area contributed by atoms with Crippen LogP contribution in [0.15, 0.2) is 72.8 Å². The lowest BCUT2D eigenvalue weighted by Gasteiger charge is -2.15. The summed E-state index contributed by atoms with van der Waals surface area (Å²) in [5.41, 5.74) is 3.81. The maximum Gasteiger partial charge on any atom is 0.217 e. The first kappa shape index (κ1) is 26.3. The van der Waals surface area contributed by atoms with E-state index in [1.807, 2.05) is 30.4 Å². The number of hydrogen-bond donors (Lipinski definition) is 1. The second-order valence-electron chi connectivity index (χ2n) is 10.1. The van der Waals surface area contributed by atoms with Gasteiger partial charge >= 0.3 is 0 Å². The minimum atomic E-state index is -0.0478. The van der Waals surface area contributed by atoms with Crippen LogP contribution in [0.3, 0.4) is 0 Å². The van der Waals surface area contributed by atoms with E-state index in [-0.39, 0.29) is 11.9 Å². The first-order chi connectivity index (χ1) is 18.5. The molecule has 0 radical (unpaired) electrons. The summed E-state index contributed by atoms with van der Waals surface area (Å²) < 4.78 is 13.2. The van der Waals surface area contributed by atoms with Crippen LogP contribution >= 0.6 is 11.3 Å². The second-order valence-corrected chi connectivity index (χ2v) is 11.1. The van der Waals surface area contributed by atoms with E-state index in [1.54, 1.807) is 0 Å². The van der Waals surface area contributed by atoms with Crippen molar-refractivity contribution in [2.75, 3.05) is 32.8 Å². The molecule has 1 atom stereocenters. The fraction of sp³-hybridized carbons (Fsp3) is 0.344. The lowest BCUT2D eigenvalue weighted by molar-refractivity contribution is -0.119. The molecule has 5 nitrogen and oxygen atoms in total. The van der Waals surface area contributed by atoms with Crippen molar-refractivity contribution >= 4 is 27.3 Å². The summed E-state index contributed by atoms with van der Waals surface area (Å²) in [5.74, 6) is 1.69. The highest BCUT2D eigenvalue weighted by Gasteiger charge is 2.15. The van der Waals surface area contributed by atoms with Crippen LogP contribution in [0, 0.1) is 0 Å². The standard InChI is InChI=1S/C32H36N2O3S/c1-23(33-24(2)35)22-37-28-15-11-26(12-16-28)32-30(29-7-3-4-8-31(29)38-32)21-25-9-13-27(14-10-25)36-20-19-34-17-5-6-18-34/h3-4,7-16,23H,5-6,17-22H2,1-2H3,(H,33,35)/t23-/m1/s1. The average molecular weight is 529 g/mol. The van der Waals surface area contributed by atoms with Gasteiger partial charge in [0.1, 0.15) is 24.7 Å². The van der Waals surface area contributed by atoms with E-state index in [9.17, 15) is 4.79 Å². The van der Waals surface area contributed by atoms with Gasteiger partial charge in [0.15, 0.2) is 0 Å². The van der Waals surface area contributed by atoms with Gasteiger partial charge in [-0.2, -0.15) is 0 Å². The van der Waals surface area contributed by atoms with Gasteiger partial charge in [-0.25, -0.2) is 0 Å². The third-order valence-corrected chi connectivity index (χ3v) is 8.21. The number of benzene rings is 3. The Labute approximate surface area is 229 Å². The summed E-state index contributed by atoms with van der Waals surface area (Å²) in [6, 6.07) is 25.5. The van der Waals surface area contributed by atoms with Crippen molar-refractivity contribution in [3.05, 3.63) is 83.9 Å². The van der Waals surface area contributed by atoms with Gasteiger partial charge in [0.05, 0.1) is 6.04 Å². The molecule has 5 rings (SSSR count). The van der Waals surface area contributed by atoms with Crippen LogP contribution in [-0.4, -0.2) is 49.7 Å². The molecule has 198 valence electrons. The molecule has 2 heterocycles. The van der Waals surface area contributed by atoms with Crippen molar-refractivity contribution in [1.82, 2.24) is 10.2 Å². The van der Waals surface area contributed by atoms with Crippen LogP contribution in [0.4, 0.5) is 0 Å². The summed E-state index contributed by atoms with van der Waals surface area (Å²) in [6.07, 6.45) is 3.48. The van der Waals surface area contributed by atoms with Crippen molar-refractivity contribution in [1.29, 1.82) is 0 Å². The SMILES string of the molecule is CC(=O)N[C@H](C)COc1ccc(-c2sc3ccccc3c2Cc2ccc(OCCN3CCCC3)cc2)cc1. The molecule has 1 amide bonds. The Balaban J connectivity index is 1.28. The quantitative estimate of drug-likeness (QED) is 0.240. The van der Waals surface area contributed by atoms with Crippen LogP contribution in [0.25, 0.3) is 20.5 Å². The molecule has 0 bridgehead atoms. The minimum Gasteiger partial charge on any atom is -0.492 e. The smallest absolute Gasteiger partial charge is 0.217 e. The third-order valence-electron chi connectivity index (χ3n) is 6.94. The van der Waals surface area contributed by atoms with Gasteiger partial charge < -0.3 is 14.8 Å². The predicted octanol–water partition coefficient (Wildman–Crippen LogP) is 6.54. The van der Waals surface area contributed by atoms with Crippen molar-refractivity contribution in [3.63, 3.8) is 0 Å². The van der Waals surface area contributed by atoms with E-state index in [4.69, 9.17) is 9.47 Å². The minimum absolute atomic E-state index is 0.0387. The zero-order valence-electron chi connectivity index (χ0n) is 22.2. The Morgan fingerprint density at radius 2 is 1.63 bits per heavy atom. The van der Waals surface area contributed by atoms with Crippen molar-refractivity contribution in [3.8, 4) is 21.9 Å². The van der Waals surface area contributed by atoms with Crippen LogP contribution in [0.5, 0.6) is 11.5 Å². The van der Waals surface area contributed by atoms with Gasteiger partial charge in [0, 0.05) is 23.0 Å². The van der Waals surface area contributed by atoms with E-state index in [2.05, 4.69) is 70.9 Å². The van der Waals surface area contributed by atoms with Gasteiger partial charge in [-0.3, -0.25) is 9.69 Å². The Hall–Kier alpha value is -3.35. The normalized spacial score (nSPS) is 14.5. The molecule has 4 aromatic rings. The number of fused-ring (bicyclic) bond motifs is 1. The number of amides is 1. The first-order valence-electron chi connectivity index (χ1n) is 13.5. The molecular formula is C32H36N2O3S. The molecule has 38 heavy (non-hydrogen) atoms. The highest BCUT2D eigenvalue weighted by Crippen LogP contribution is 2.40. The number of hydrogen-bond acceptors (Lipinski definition) is 5. The Morgan fingerprint density at radius 3 is 2.37 bits per heavy atom. The number of ether oxygens (including phenoxy) is 2. The van der Waals surface area contributed by atoms with Crippen molar-refractivity contribution < 1.29 is 14.3 Å². The zero-order valence-corrected chi connectivity index (χ0v) is 23.1. The summed E-state index contributed by atoms with van der Waals surface area (Å²) in [7, 11) is 0. The van der Waals surface area contributed by atoms with Gasteiger partial charge in [-0.15, -0.1) is 11.3 Å². The summed E-state index contributed by atoms with van der Waals surface area (Å²) in [6.45, 7) is 8.04. The second kappa shape index (κ2) is 12.5. The zero-order chi connectivity index (χ0) is 26.3. The molecule has 1 fully saturated rings. The number of rotatable bonds is 11. The van der Waals surface area contributed by atoms with E-state index >= 15 is 0 Å². The number of carbonyl (C=O) groups is 1. The average Bonchev–Trinajstić information content (AvgIpc) is 3.57. The van der Waals surface area contributed by atoms with Gasteiger partial charge in [0.2, 0.25) is 5.91 Å². The Morgan fingerprint density at radius 1 is 0.947 bits per heavy atom. The summed E-state index contributed by atoms with van der Waals surface area (Å²) >= 11 is 1.84. The monoisotopic (exact) mass is 528 g/mol. The molecule has 1 saturated heterocycles. The van der Waals surface area contributed by atoms with E-state index < -0.39 is 0 Å². The summed E-state index contributed by atoms with van der Waals surface area (Å²) in [4.78, 5) is 15.0. The van der Waals surface area contributed by atoms with E-state index in [0.29, 0.717) is 6.61 Å². The highest BCUT2D eigenvalue weighted by molar-refractivity contribution is 7.22. The molecule has 1 aliphatic heterocycles. The van der Waals surface area contributed by atoms with Gasteiger partial charge in [-0.05, 0) is 104 Å². The maximum atomic E-state index is 11.2. The number of thiophene rings is 1. The molecular weight excluding hydrogens is 492 g/mol. The van der Waals surface area contributed by atoms with E-state index in [1.165, 1.54) is 64.5 Å². The molecule has 0 spiro atoms. The largest absolute Gasteiger partial charge is 0.492 e. The number of nitrogens with one attached hydrogen (secondary N) is 1. The number of likely N-dealkylation sites (tertiary alicyclic amines) is 1. The fourth-order valence-electron chi connectivity index (χ4n) is 5.03. The van der Waals surface area contributed by atoms with E-state index in [0.717, 1.165) is 31.1 Å². The lowest BCUT2D eigenvalue weighted by atomic mass is 9.99. The molecule has 0 saturated carbocycles. The topological polar surface area (TPSA) is 50.8 Å². The Kier molecular flexibility index (Phi) is 8.61. The Bertz CT molecular complexity index is 1340. The van der Waals surface area contributed by atoms with Crippen LogP contribution in [-0.2, 0) is 11.2 Å². The molecule has 0 unspecified atom stereocenters. The van der Waals surface area contributed by atoms with Crippen LogP contribution in [0.1, 0.15) is 37.8 Å². The molecule has 1 N–H and O–H groups in total. The van der Waals surface area contributed by atoms with Crippen LogP contribution in [0.2, 0.25) is 0 Å². The van der Waals surface area contributed by atoms with Crippen LogP contribution < -0.4 is 14.8 Å². The fourth-order valence-corrected chi connectivity index (χ4v) is 6.25. The summed E-state index contributed by atoms with van der Waals surface area (Å²) in [5, 5.41) is 4.16.